The predicted molar refractivity (Wildman–Crippen MR) is 122 cm³/mol. The van der Waals surface area contributed by atoms with Gasteiger partial charge in [0.2, 0.25) is 5.91 Å². The minimum absolute atomic E-state index is 0.105. The number of halogens is 1. The molecule has 0 radical (unpaired) electrons. The number of ether oxygens (including phenoxy) is 1. The number of carbonyl (C=O) groups excluding carboxylic acids is 3. The molecule has 166 valence electrons. The zero-order valence-electron chi connectivity index (χ0n) is 18.2. The molecule has 0 aliphatic rings. The normalized spacial score (nSPS) is 11.0. The Kier molecular flexibility index (Phi) is 9.06. The third-order valence-corrected chi connectivity index (χ3v) is 4.65. The topological polar surface area (TPSA) is 75.7 Å². The fraction of sp³-hybridized carbons (Fsp3) is 0.375. The van der Waals surface area contributed by atoms with E-state index in [0.717, 1.165) is 23.0 Å². The highest BCUT2D eigenvalue weighted by Crippen LogP contribution is 2.29. The Bertz CT molecular complexity index is 894. The van der Waals surface area contributed by atoms with Crippen LogP contribution in [0.2, 0.25) is 5.02 Å². The fourth-order valence-corrected chi connectivity index (χ4v) is 3.20. The van der Waals surface area contributed by atoms with Crippen LogP contribution in [0.25, 0.3) is 11.1 Å². The minimum atomic E-state index is -0.656. The summed E-state index contributed by atoms with van der Waals surface area (Å²) in [4.78, 5) is 36.6. The molecule has 0 unspecified atom stereocenters. The standard InChI is InChI=1S/C24H29ClN2O4/c1-24(2,3)31-23(30)27(14-12-22(29)26-13-7-15-28)17-18-10-11-20(21(25)16-18)19-8-5-4-6-9-19/h4-6,8-11,15-16H,7,12-14,17H2,1-3H3,(H,26,29). The average molecular weight is 445 g/mol. The summed E-state index contributed by atoms with van der Waals surface area (Å²) in [5.41, 5.74) is 2.09. The van der Waals surface area contributed by atoms with Crippen molar-refractivity contribution < 1.29 is 19.1 Å². The molecule has 0 heterocycles. The molecule has 7 heteroatoms. The summed E-state index contributed by atoms with van der Waals surface area (Å²) in [5, 5.41) is 3.24. The van der Waals surface area contributed by atoms with Crippen molar-refractivity contribution in [3.05, 3.63) is 59.1 Å². The molecule has 0 aliphatic heterocycles. The Morgan fingerprint density at radius 2 is 1.84 bits per heavy atom. The zero-order valence-corrected chi connectivity index (χ0v) is 18.9. The highest BCUT2D eigenvalue weighted by Gasteiger charge is 2.23. The number of amides is 2. The maximum atomic E-state index is 12.7. The second-order valence-electron chi connectivity index (χ2n) is 8.14. The van der Waals surface area contributed by atoms with Crippen LogP contribution >= 0.6 is 11.6 Å². The molecule has 2 aromatic rings. The van der Waals surface area contributed by atoms with Gasteiger partial charge >= 0.3 is 6.09 Å². The molecule has 0 spiro atoms. The first-order valence-corrected chi connectivity index (χ1v) is 10.6. The molecule has 6 nitrogen and oxygen atoms in total. The molecule has 0 saturated heterocycles. The van der Waals surface area contributed by atoms with Gasteiger partial charge in [-0.25, -0.2) is 4.79 Å². The lowest BCUT2D eigenvalue weighted by Gasteiger charge is -2.27. The van der Waals surface area contributed by atoms with Crippen molar-refractivity contribution in [2.45, 2.75) is 45.8 Å². The van der Waals surface area contributed by atoms with E-state index in [2.05, 4.69) is 5.32 Å². The number of aldehydes is 1. The van der Waals surface area contributed by atoms with Gasteiger partial charge in [0, 0.05) is 43.1 Å². The van der Waals surface area contributed by atoms with Crippen molar-refractivity contribution in [2.24, 2.45) is 0 Å². The summed E-state index contributed by atoms with van der Waals surface area (Å²) in [5.74, 6) is -0.229. The van der Waals surface area contributed by atoms with Crippen LogP contribution in [0.3, 0.4) is 0 Å². The number of nitrogens with zero attached hydrogens (tertiary/aromatic N) is 1. The summed E-state index contributed by atoms with van der Waals surface area (Å²) in [6.45, 7) is 6.10. The van der Waals surface area contributed by atoms with Crippen molar-refractivity contribution in [3.8, 4) is 11.1 Å². The Balaban J connectivity index is 2.12. The summed E-state index contributed by atoms with van der Waals surface area (Å²) < 4.78 is 5.50. The van der Waals surface area contributed by atoms with E-state index in [9.17, 15) is 14.4 Å². The van der Waals surface area contributed by atoms with Gasteiger partial charge < -0.3 is 19.7 Å². The zero-order chi connectivity index (χ0) is 22.9. The van der Waals surface area contributed by atoms with E-state index in [1.807, 2.05) is 48.5 Å². The maximum absolute atomic E-state index is 12.7. The van der Waals surface area contributed by atoms with Gasteiger partial charge in [-0.05, 0) is 38.0 Å². The minimum Gasteiger partial charge on any atom is -0.444 e. The molecule has 0 atom stereocenters. The van der Waals surface area contributed by atoms with E-state index in [-0.39, 0.29) is 38.4 Å². The molecule has 0 fully saturated rings. The van der Waals surface area contributed by atoms with Crippen LogP contribution in [0.5, 0.6) is 0 Å². The Morgan fingerprint density at radius 3 is 2.45 bits per heavy atom. The number of benzene rings is 2. The lowest BCUT2D eigenvalue weighted by molar-refractivity contribution is -0.121. The number of carbonyl (C=O) groups is 3. The second kappa shape index (κ2) is 11.5. The van der Waals surface area contributed by atoms with Crippen molar-refractivity contribution in [2.75, 3.05) is 13.1 Å². The third-order valence-electron chi connectivity index (χ3n) is 4.34. The van der Waals surface area contributed by atoms with Crippen molar-refractivity contribution in [3.63, 3.8) is 0 Å². The first-order chi connectivity index (χ1) is 14.7. The molecule has 31 heavy (non-hydrogen) atoms. The first kappa shape index (κ1) is 24.4. The van der Waals surface area contributed by atoms with Crippen LogP contribution in [0.4, 0.5) is 4.79 Å². The molecule has 0 saturated carbocycles. The molecule has 2 rings (SSSR count). The Morgan fingerprint density at radius 1 is 1.13 bits per heavy atom. The summed E-state index contributed by atoms with van der Waals surface area (Å²) in [6, 6.07) is 15.5. The van der Waals surface area contributed by atoms with Crippen LogP contribution in [0, 0.1) is 0 Å². The van der Waals surface area contributed by atoms with E-state index >= 15 is 0 Å². The van der Waals surface area contributed by atoms with Gasteiger partial charge in [-0.2, -0.15) is 0 Å². The van der Waals surface area contributed by atoms with Crippen LogP contribution in [-0.2, 0) is 20.9 Å². The summed E-state index contributed by atoms with van der Waals surface area (Å²) in [6.07, 6.45) is 0.606. The molecule has 2 amide bonds. The molecule has 1 N–H and O–H groups in total. The van der Waals surface area contributed by atoms with Gasteiger partial charge in [0.05, 0.1) is 0 Å². The molecule has 0 bridgehead atoms. The summed E-state index contributed by atoms with van der Waals surface area (Å²) >= 11 is 6.50. The van der Waals surface area contributed by atoms with Gasteiger partial charge in [-0.3, -0.25) is 4.79 Å². The lowest BCUT2D eigenvalue weighted by atomic mass is 10.0. The van der Waals surface area contributed by atoms with E-state index in [1.165, 1.54) is 4.90 Å². The lowest BCUT2D eigenvalue weighted by Crippen LogP contribution is -2.38. The van der Waals surface area contributed by atoms with Crippen LogP contribution in [0.1, 0.15) is 39.2 Å². The van der Waals surface area contributed by atoms with Crippen molar-refractivity contribution >= 4 is 29.9 Å². The van der Waals surface area contributed by atoms with Gasteiger partial charge in [0.25, 0.3) is 0 Å². The molecular weight excluding hydrogens is 416 g/mol. The maximum Gasteiger partial charge on any atom is 0.410 e. The van der Waals surface area contributed by atoms with Gasteiger partial charge in [0.15, 0.2) is 0 Å². The van der Waals surface area contributed by atoms with Gasteiger partial charge in [-0.15, -0.1) is 0 Å². The third kappa shape index (κ3) is 8.42. The summed E-state index contributed by atoms with van der Waals surface area (Å²) in [7, 11) is 0. The highest BCUT2D eigenvalue weighted by atomic mass is 35.5. The molecule has 0 aromatic heterocycles. The number of rotatable bonds is 9. The quantitative estimate of drug-likeness (QED) is 0.443. The SMILES string of the molecule is CC(C)(C)OC(=O)N(CCC(=O)NCCC=O)Cc1ccc(-c2ccccc2)c(Cl)c1. The van der Waals surface area contributed by atoms with Gasteiger partial charge in [-0.1, -0.05) is 54.1 Å². The van der Waals surface area contributed by atoms with E-state index in [4.69, 9.17) is 16.3 Å². The first-order valence-electron chi connectivity index (χ1n) is 10.2. The van der Waals surface area contributed by atoms with E-state index in [0.29, 0.717) is 5.02 Å². The fourth-order valence-electron chi connectivity index (χ4n) is 2.89. The molecule has 0 aliphatic carbocycles. The van der Waals surface area contributed by atoms with Crippen LogP contribution < -0.4 is 5.32 Å². The monoisotopic (exact) mass is 444 g/mol. The Labute approximate surface area is 188 Å². The van der Waals surface area contributed by atoms with E-state index < -0.39 is 11.7 Å². The number of hydrogen-bond donors (Lipinski definition) is 1. The predicted octanol–water partition coefficient (Wildman–Crippen LogP) is 4.84. The number of nitrogens with one attached hydrogen (secondary N) is 1. The average Bonchev–Trinajstić information content (AvgIpc) is 2.70. The Hall–Kier alpha value is -2.86. The van der Waals surface area contributed by atoms with Crippen LogP contribution in [0.15, 0.2) is 48.5 Å². The highest BCUT2D eigenvalue weighted by molar-refractivity contribution is 6.33. The van der Waals surface area contributed by atoms with Crippen molar-refractivity contribution in [1.82, 2.24) is 10.2 Å². The molecular formula is C24H29ClN2O4. The van der Waals surface area contributed by atoms with E-state index in [1.54, 1.807) is 20.8 Å². The smallest absolute Gasteiger partial charge is 0.410 e. The largest absolute Gasteiger partial charge is 0.444 e. The van der Waals surface area contributed by atoms with Gasteiger partial charge in [0.1, 0.15) is 11.9 Å². The molecule has 2 aromatic carbocycles. The van der Waals surface area contributed by atoms with Crippen LogP contribution in [-0.4, -0.2) is 41.9 Å². The van der Waals surface area contributed by atoms with Crippen molar-refractivity contribution in [1.29, 1.82) is 0 Å². The number of hydrogen-bond acceptors (Lipinski definition) is 4. The second-order valence-corrected chi connectivity index (χ2v) is 8.54.